The molecule has 6 aromatic rings. The number of benzene rings is 4. The number of nitrogens with one attached hydrogen (secondary N) is 2. The number of carbonyl (C=O) groups is 1. The number of aromatic amines is 1. The summed E-state index contributed by atoms with van der Waals surface area (Å²) < 4.78 is 11.5. The van der Waals surface area contributed by atoms with Crippen molar-refractivity contribution in [3.05, 3.63) is 125 Å². The molecule has 2 bridgehead atoms. The summed E-state index contributed by atoms with van der Waals surface area (Å²) in [6.07, 6.45) is 5.88. The first-order chi connectivity index (χ1) is 31.3. The average molecular weight is 884 g/mol. The van der Waals surface area contributed by atoms with Crippen LogP contribution in [0.5, 0.6) is 34.5 Å². The lowest BCUT2D eigenvalue weighted by Crippen LogP contribution is -2.51. The number of fused-ring (bicyclic) bond motifs is 6. The number of phenols is 4. The number of aliphatic hydroxyl groups excluding tert-OH is 2. The summed E-state index contributed by atoms with van der Waals surface area (Å²) in [7, 11) is 1.48. The molecule has 1 fully saturated rings. The number of H-pyrrole nitrogens is 1. The SMILES string of the molecule is COc1cc(CCC(O)C2C(=O)CC(c3cc(O)c(O)c(OCCCC(C)C)c3)CCc3c(ccc4cc(O)ccc34)Nc3cc(ccn3)C23CCC(O)C3Cc2ccc[nH]2)ccc1O. The highest BCUT2D eigenvalue weighted by molar-refractivity contribution is 5.92. The summed E-state index contributed by atoms with van der Waals surface area (Å²) in [4.78, 5) is 24.0. The molecule has 0 saturated heterocycles. The molecule has 1 spiro atoms. The van der Waals surface area contributed by atoms with Crippen LogP contribution in [0.4, 0.5) is 11.5 Å². The second kappa shape index (κ2) is 19.5. The Morgan fingerprint density at radius 2 is 1.75 bits per heavy atom. The summed E-state index contributed by atoms with van der Waals surface area (Å²) >= 11 is 0. The third-order valence-corrected chi connectivity index (χ3v) is 13.9. The van der Waals surface area contributed by atoms with Crippen molar-refractivity contribution in [2.45, 2.75) is 102 Å². The smallest absolute Gasteiger partial charge is 0.200 e. The molecule has 8 N–H and O–H groups in total. The average Bonchev–Trinajstić information content (AvgIpc) is 3.93. The molecule has 2 aromatic heterocycles. The number of anilines is 2. The topological polar surface area (TPSA) is 198 Å². The van der Waals surface area contributed by atoms with Crippen LogP contribution in [-0.4, -0.2) is 72.3 Å². The minimum absolute atomic E-state index is 0.000846. The fourth-order valence-electron chi connectivity index (χ4n) is 10.7. The highest BCUT2D eigenvalue weighted by Gasteiger charge is 2.57. The predicted octanol–water partition coefficient (Wildman–Crippen LogP) is 9.50. The van der Waals surface area contributed by atoms with Gasteiger partial charge in [0.25, 0.3) is 0 Å². The van der Waals surface area contributed by atoms with Crippen LogP contribution in [0.15, 0.2) is 97.3 Å². The van der Waals surface area contributed by atoms with Crippen molar-refractivity contribution in [3.8, 4) is 34.5 Å². The number of hydrogen-bond donors (Lipinski definition) is 8. The molecule has 342 valence electrons. The van der Waals surface area contributed by atoms with Gasteiger partial charge in [-0.05, 0) is 169 Å². The molecule has 1 aliphatic carbocycles. The summed E-state index contributed by atoms with van der Waals surface area (Å²) in [6.45, 7) is 4.59. The molecule has 4 aromatic carbocycles. The first-order valence-electron chi connectivity index (χ1n) is 22.9. The standard InChI is InChI=1S/C53H61N3O9/c1-31(2)6-5-23-65-49-28-35(27-47(62)52(49)63)33-10-13-40-39-14-12-38(57)25-34(39)11-15-42(40)56-50-29-36(19-22-55-50)53(20-18-43(58)41(53)30-37-7-4-21-54-37)51(46(61)26-33)45(60)17-9-32-8-16-44(59)48(24-32)64-3/h4,7-8,11-12,14-16,19,21-22,24-25,27-29,31,33,41,43,45,51,54,57-60,62-63H,5-6,9-10,13,17-18,20,23,26,30H2,1-3H3,(H,55,56). The Balaban J connectivity index is 1.29. The minimum Gasteiger partial charge on any atom is -0.508 e. The number of ether oxygens (including phenoxy) is 2. The largest absolute Gasteiger partial charge is 0.508 e. The Labute approximate surface area is 379 Å². The van der Waals surface area contributed by atoms with Gasteiger partial charge in [-0.15, -0.1) is 0 Å². The van der Waals surface area contributed by atoms with Crippen LogP contribution in [0, 0.1) is 17.8 Å². The van der Waals surface area contributed by atoms with E-state index < -0.39 is 35.4 Å². The molecule has 12 heteroatoms. The minimum atomic E-state index is -1.18. The number of aromatic hydroxyl groups is 4. The van der Waals surface area contributed by atoms with Crippen molar-refractivity contribution < 1.29 is 44.9 Å². The van der Waals surface area contributed by atoms with Crippen LogP contribution in [0.1, 0.15) is 92.7 Å². The van der Waals surface area contributed by atoms with Crippen LogP contribution in [0.3, 0.4) is 0 Å². The molecule has 0 radical (unpaired) electrons. The fourth-order valence-corrected chi connectivity index (χ4v) is 10.7. The van der Waals surface area contributed by atoms with Gasteiger partial charge in [0.2, 0.25) is 5.75 Å². The Morgan fingerprint density at radius 1 is 0.908 bits per heavy atom. The highest BCUT2D eigenvalue weighted by Crippen LogP contribution is 2.55. The number of hydrogen-bond acceptors (Lipinski definition) is 11. The number of pyridine rings is 1. The van der Waals surface area contributed by atoms with Gasteiger partial charge in [0.15, 0.2) is 23.0 Å². The summed E-state index contributed by atoms with van der Waals surface area (Å²) in [6, 6.07) is 25.2. The highest BCUT2D eigenvalue weighted by atomic mass is 16.5. The molecule has 65 heavy (non-hydrogen) atoms. The van der Waals surface area contributed by atoms with Crippen molar-refractivity contribution in [3.63, 3.8) is 0 Å². The van der Waals surface area contributed by atoms with E-state index in [2.05, 4.69) is 24.1 Å². The maximum atomic E-state index is 15.9. The van der Waals surface area contributed by atoms with Crippen LogP contribution in [0.25, 0.3) is 10.8 Å². The first-order valence-corrected chi connectivity index (χ1v) is 22.9. The third-order valence-electron chi connectivity index (χ3n) is 13.9. The van der Waals surface area contributed by atoms with E-state index in [4.69, 9.17) is 14.5 Å². The molecule has 12 nitrogen and oxygen atoms in total. The monoisotopic (exact) mass is 883 g/mol. The van der Waals surface area contributed by atoms with E-state index in [0.717, 1.165) is 51.7 Å². The zero-order valence-corrected chi connectivity index (χ0v) is 37.3. The number of methoxy groups -OCH3 is 1. The van der Waals surface area contributed by atoms with Crippen molar-refractivity contribution in [1.82, 2.24) is 9.97 Å². The Hall–Kier alpha value is -6.24. The molecule has 1 aliphatic heterocycles. The molecule has 1 saturated carbocycles. The molecule has 8 rings (SSSR count). The normalized spacial score (nSPS) is 21.6. The van der Waals surface area contributed by atoms with E-state index in [1.165, 1.54) is 13.2 Å². The van der Waals surface area contributed by atoms with E-state index in [1.807, 2.05) is 48.7 Å². The number of carbonyl (C=O) groups excluding carboxylic acids is 1. The molecule has 6 unspecified atom stereocenters. The van der Waals surface area contributed by atoms with Crippen LogP contribution in [0.2, 0.25) is 0 Å². The summed E-state index contributed by atoms with van der Waals surface area (Å²) in [5.41, 5.74) is 3.75. The number of nitrogens with zero attached hydrogens (tertiary/aromatic N) is 1. The van der Waals surface area contributed by atoms with Crippen LogP contribution in [-0.2, 0) is 29.5 Å². The Morgan fingerprint density at radius 3 is 2.54 bits per heavy atom. The van der Waals surface area contributed by atoms with Gasteiger partial charge in [0.05, 0.1) is 31.8 Å². The van der Waals surface area contributed by atoms with Gasteiger partial charge in [0.1, 0.15) is 17.4 Å². The molecule has 6 atom stereocenters. The van der Waals surface area contributed by atoms with E-state index in [9.17, 15) is 30.6 Å². The van der Waals surface area contributed by atoms with Gasteiger partial charge < -0.3 is 50.4 Å². The van der Waals surface area contributed by atoms with Crippen molar-refractivity contribution in [1.29, 1.82) is 0 Å². The molecule has 0 amide bonds. The maximum Gasteiger partial charge on any atom is 0.200 e. The van der Waals surface area contributed by atoms with Gasteiger partial charge in [-0.2, -0.15) is 0 Å². The fraction of sp³-hybridized carbons (Fsp3) is 0.396. The van der Waals surface area contributed by atoms with E-state index in [-0.39, 0.29) is 47.4 Å². The molecular formula is C53H61N3O9. The molecular weight excluding hydrogens is 823 g/mol. The Bertz CT molecular complexity index is 2610. The van der Waals surface area contributed by atoms with Crippen LogP contribution >= 0.6 is 0 Å². The number of phenolic OH excluding ortho intramolecular Hbond substituents is 4. The van der Waals surface area contributed by atoms with E-state index >= 15 is 4.79 Å². The third kappa shape index (κ3) is 9.60. The number of Topliss-reactive ketones (excluding diaryl/α,β-unsaturated/α-hetero) is 1. The maximum absolute atomic E-state index is 15.9. The second-order valence-electron chi connectivity index (χ2n) is 18.5. The van der Waals surface area contributed by atoms with Gasteiger partial charge in [0, 0.05) is 41.5 Å². The van der Waals surface area contributed by atoms with Gasteiger partial charge in [-0.3, -0.25) is 4.79 Å². The summed E-state index contributed by atoms with van der Waals surface area (Å²) in [5.74, 6) is -1.38. The molecule has 2 aliphatic rings. The van der Waals surface area contributed by atoms with Crippen LogP contribution < -0.4 is 14.8 Å². The number of rotatable bonds is 13. The number of aryl methyl sites for hydroxylation is 2. The van der Waals surface area contributed by atoms with Gasteiger partial charge >= 0.3 is 0 Å². The zero-order chi connectivity index (χ0) is 45.8. The van der Waals surface area contributed by atoms with Crippen molar-refractivity contribution in [2.24, 2.45) is 17.8 Å². The van der Waals surface area contributed by atoms with Crippen molar-refractivity contribution in [2.75, 3.05) is 19.0 Å². The molecule has 3 heterocycles. The Kier molecular flexibility index (Phi) is 13.6. The lowest BCUT2D eigenvalue weighted by Gasteiger charge is -2.45. The number of ketones is 1. The second-order valence-corrected chi connectivity index (χ2v) is 18.5. The summed E-state index contributed by atoms with van der Waals surface area (Å²) in [5, 5.41) is 73.4. The number of aromatic nitrogens is 2. The van der Waals surface area contributed by atoms with Crippen molar-refractivity contribution >= 4 is 28.1 Å². The first kappa shape index (κ1) is 45.3. The predicted molar refractivity (Wildman–Crippen MR) is 251 cm³/mol. The lowest BCUT2D eigenvalue weighted by molar-refractivity contribution is -0.132. The lowest BCUT2D eigenvalue weighted by atomic mass is 9.58. The quantitative estimate of drug-likeness (QED) is 0.0406. The van der Waals surface area contributed by atoms with E-state index in [1.54, 1.807) is 42.6 Å². The van der Waals surface area contributed by atoms with E-state index in [0.29, 0.717) is 68.2 Å². The van der Waals surface area contributed by atoms with Gasteiger partial charge in [-0.1, -0.05) is 32.0 Å². The number of aliphatic hydroxyl groups is 2. The zero-order valence-electron chi connectivity index (χ0n) is 37.3. The van der Waals surface area contributed by atoms with Gasteiger partial charge in [-0.25, -0.2) is 4.98 Å².